The lowest BCUT2D eigenvalue weighted by Gasteiger charge is -2.71. The standard InChI is InChI=1S/C35H45N3O5S/c1-29(2)24-8-11-33(6)25(32(24,5)19-22(21-36)28(29)40)18-27(39)35(41)26-20-31(4,14-12-30(26,3)13-15-34(33,35)7)38-44(42,43)23-9-16-37-17-10-23/h9-10,16-19,24,26,38,41H,8,11-15,20H2,1-7H3/t24-,26+,30-,31-,32-,33+,34-,35+/m0/s1. The first-order valence-corrected chi connectivity index (χ1v) is 17.3. The second-order valence-electron chi connectivity index (χ2n) is 16.2. The molecule has 6 rings (SSSR count). The molecule has 5 aliphatic carbocycles. The fraction of sp³-hybridized carbons (Fsp3) is 0.657. The van der Waals surface area contributed by atoms with Gasteiger partial charge in [0, 0.05) is 40.1 Å². The minimum atomic E-state index is -3.86. The number of nitrogens with zero attached hydrogens (tertiary/aromatic N) is 2. The number of allylic oxidation sites excluding steroid dienone is 3. The highest BCUT2D eigenvalue weighted by Crippen LogP contribution is 2.75. The van der Waals surface area contributed by atoms with Gasteiger partial charge in [-0.05, 0) is 92.4 Å². The van der Waals surface area contributed by atoms with Gasteiger partial charge in [-0.2, -0.15) is 5.26 Å². The second-order valence-corrected chi connectivity index (χ2v) is 17.9. The number of sulfonamides is 1. The molecule has 0 aromatic carbocycles. The van der Waals surface area contributed by atoms with Gasteiger partial charge in [0.15, 0.2) is 11.6 Å². The van der Waals surface area contributed by atoms with Gasteiger partial charge >= 0.3 is 0 Å². The van der Waals surface area contributed by atoms with Crippen molar-refractivity contribution >= 4 is 21.6 Å². The molecule has 0 bridgehead atoms. The Labute approximate surface area is 261 Å². The van der Waals surface area contributed by atoms with E-state index in [2.05, 4.69) is 43.5 Å². The molecule has 1 aromatic heterocycles. The predicted octanol–water partition coefficient (Wildman–Crippen LogP) is 5.45. The van der Waals surface area contributed by atoms with Crippen LogP contribution in [0.1, 0.15) is 93.4 Å². The van der Waals surface area contributed by atoms with Crippen LogP contribution in [0.4, 0.5) is 0 Å². The van der Waals surface area contributed by atoms with Crippen LogP contribution in [0.2, 0.25) is 0 Å². The summed E-state index contributed by atoms with van der Waals surface area (Å²) in [5.41, 5.74) is -4.77. The van der Waals surface area contributed by atoms with E-state index >= 15 is 0 Å². The van der Waals surface area contributed by atoms with Crippen LogP contribution in [-0.2, 0) is 19.6 Å². The number of ketones is 2. The third-order valence-electron chi connectivity index (χ3n) is 13.6. The average Bonchev–Trinajstić information content (AvgIpc) is 2.95. The molecule has 44 heavy (non-hydrogen) atoms. The number of carbonyl (C=O) groups is 2. The summed E-state index contributed by atoms with van der Waals surface area (Å²) < 4.78 is 29.8. The summed E-state index contributed by atoms with van der Waals surface area (Å²) in [6, 6.07) is 5.06. The van der Waals surface area contributed by atoms with Crippen LogP contribution in [0.3, 0.4) is 0 Å². The highest BCUT2D eigenvalue weighted by molar-refractivity contribution is 7.89. The highest BCUT2D eigenvalue weighted by Gasteiger charge is 2.75. The fourth-order valence-corrected chi connectivity index (χ4v) is 12.2. The van der Waals surface area contributed by atoms with Gasteiger partial charge in [0.05, 0.1) is 10.5 Å². The molecule has 2 N–H and O–H groups in total. The summed E-state index contributed by atoms with van der Waals surface area (Å²) in [4.78, 5) is 32.0. The third kappa shape index (κ3) is 3.80. The van der Waals surface area contributed by atoms with E-state index in [-0.39, 0.29) is 33.4 Å². The minimum Gasteiger partial charge on any atom is -0.381 e. The Kier molecular flexibility index (Phi) is 6.55. The number of hydrogen-bond donors (Lipinski definition) is 2. The van der Waals surface area contributed by atoms with Crippen LogP contribution in [0.5, 0.6) is 0 Å². The number of nitriles is 1. The number of aliphatic hydroxyl groups is 1. The molecule has 9 heteroatoms. The second kappa shape index (κ2) is 9.20. The molecule has 5 aliphatic rings. The van der Waals surface area contributed by atoms with Crippen molar-refractivity contribution in [1.29, 1.82) is 5.26 Å². The number of nitrogens with one attached hydrogen (secondary N) is 1. The van der Waals surface area contributed by atoms with Gasteiger partial charge in [0.2, 0.25) is 10.0 Å². The predicted molar refractivity (Wildman–Crippen MR) is 165 cm³/mol. The van der Waals surface area contributed by atoms with Crippen molar-refractivity contribution in [2.45, 2.75) is 109 Å². The van der Waals surface area contributed by atoms with Crippen molar-refractivity contribution in [2.75, 3.05) is 0 Å². The molecule has 0 radical (unpaired) electrons. The summed E-state index contributed by atoms with van der Waals surface area (Å²) >= 11 is 0. The summed E-state index contributed by atoms with van der Waals surface area (Å²) in [6.45, 7) is 14.1. The molecule has 0 amide bonds. The maximum atomic E-state index is 14.6. The summed E-state index contributed by atoms with van der Waals surface area (Å²) in [5, 5.41) is 23.0. The largest absolute Gasteiger partial charge is 0.381 e. The van der Waals surface area contributed by atoms with E-state index in [0.717, 1.165) is 18.4 Å². The lowest BCUT2D eigenvalue weighted by molar-refractivity contribution is -0.239. The Bertz CT molecular complexity index is 1680. The number of fused-ring (bicyclic) bond motifs is 7. The Morgan fingerprint density at radius 2 is 1.59 bits per heavy atom. The zero-order valence-corrected chi connectivity index (χ0v) is 27.8. The van der Waals surface area contributed by atoms with Crippen molar-refractivity contribution in [3.05, 3.63) is 47.8 Å². The van der Waals surface area contributed by atoms with Crippen molar-refractivity contribution in [2.24, 2.45) is 38.9 Å². The Morgan fingerprint density at radius 1 is 0.955 bits per heavy atom. The van der Waals surface area contributed by atoms with Crippen LogP contribution in [0.15, 0.2) is 52.7 Å². The topological polar surface area (TPSA) is 137 Å². The molecule has 8 nitrogen and oxygen atoms in total. The molecule has 1 heterocycles. The molecule has 3 saturated carbocycles. The first-order valence-electron chi connectivity index (χ1n) is 15.9. The van der Waals surface area contributed by atoms with Crippen molar-refractivity contribution in [3.8, 4) is 6.07 Å². The number of rotatable bonds is 3. The van der Waals surface area contributed by atoms with Crippen LogP contribution in [-0.4, -0.2) is 41.2 Å². The molecule has 1 aromatic rings. The van der Waals surface area contributed by atoms with Crippen LogP contribution >= 0.6 is 0 Å². The van der Waals surface area contributed by atoms with E-state index in [1.54, 1.807) is 12.2 Å². The van der Waals surface area contributed by atoms with Gasteiger partial charge in [0.1, 0.15) is 11.7 Å². The first-order chi connectivity index (χ1) is 20.2. The maximum Gasteiger partial charge on any atom is 0.241 e. The smallest absolute Gasteiger partial charge is 0.241 e. The van der Waals surface area contributed by atoms with E-state index in [1.807, 2.05) is 20.8 Å². The monoisotopic (exact) mass is 619 g/mol. The Morgan fingerprint density at radius 3 is 2.23 bits per heavy atom. The van der Waals surface area contributed by atoms with E-state index < -0.39 is 48.7 Å². The maximum absolute atomic E-state index is 14.6. The number of pyridine rings is 1. The highest BCUT2D eigenvalue weighted by atomic mass is 32.2. The minimum absolute atomic E-state index is 0.0871. The van der Waals surface area contributed by atoms with Gasteiger partial charge in [-0.3, -0.25) is 14.6 Å². The van der Waals surface area contributed by atoms with Gasteiger partial charge < -0.3 is 5.11 Å². The molecular formula is C35H45N3O5S. The number of hydrogen-bond acceptors (Lipinski definition) is 7. The lowest BCUT2D eigenvalue weighted by Crippen LogP contribution is -2.74. The van der Waals surface area contributed by atoms with E-state index in [9.17, 15) is 28.4 Å². The van der Waals surface area contributed by atoms with Crippen molar-refractivity contribution in [1.82, 2.24) is 9.71 Å². The van der Waals surface area contributed by atoms with E-state index in [4.69, 9.17) is 0 Å². The summed E-state index contributed by atoms with van der Waals surface area (Å²) in [5.74, 6) is -1.06. The molecule has 0 aliphatic heterocycles. The zero-order valence-electron chi connectivity index (χ0n) is 27.0. The molecule has 3 fully saturated rings. The van der Waals surface area contributed by atoms with Crippen LogP contribution in [0.25, 0.3) is 0 Å². The third-order valence-corrected chi connectivity index (χ3v) is 15.2. The normalized spacial score (nSPS) is 44.6. The van der Waals surface area contributed by atoms with E-state index in [1.165, 1.54) is 24.5 Å². The molecule has 0 spiro atoms. The lowest BCUT2D eigenvalue weighted by atomic mass is 9.33. The zero-order chi connectivity index (χ0) is 32.4. The van der Waals surface area contributed by atoms with Gasteiger partial charge in [0.25, 0.3) is 0 Å². The fourth-order valence-electron chi connectivity index (χ4n) is 10.8. The van der Waals surface area contributed by atoms with Gasteiger partial charge in [-0.25, -0.2) is 13.1 Å². The van der Waals surface area contributed by atoms with Crippen LogP contribution in [0, 0.1) is 50.2 Å². The van der Waals surface area contributed by atoms with Crippen molar-refractivity contribution < 1.29 is 23.1 Å². The Balaban J connectivity index is 1.46. The van der Waals surface area contributed by atoms with Crippen molar-refractivity contribution in [3.63, 3.8) is 0 Å². The summed E-state index contributed by atoms with van der Waals surface area (Å²) in [6.07, 6.45) is 10.8. The molecule has 0 saturated heterocycles. The number of aromatic nitrogens is 1. The number of Topliss-reactive ketones (excluding diaryl/α,β-unsaturated/α-hetero) is 1. The van der Waals surface area contributed by atoms with Gasteiger partial charge in [-0.15, -0.1) is 0 Å². The molecule has 8 atom stereocenters. The SMILES string of the molecule is CC1(C)C(=O)C(C#N)=C[C@]2(C)C3=CC(=O)[C@]4(O)[C@@H]5C[C@@](C)(NS(=O)(=O)c6ccncc6)CC[C@@]5(C)CC[C@@]4(C)[C@]3(C)CC[C@@H]12. The molecular weight excluding hydrogens is 574 g/mol. The van der Waals surface area contributed by atoms with E-state index in [0.29, 0.717) is 32.1 Å². The summed E-state index contributed by atoms with van der Waals surface area (Å²) in [7, 11) is -3.86. The Hall–Kier alpha value is -2.67. The first kappa shape index (κ1) is 31.3. The van der Waals surface area contributed by atoms with Gasteiger partial charge in [-0.1, -0.05) is 47.6 Å². The number of carbonyl (C=O) groups excluding carboxylic acids is 2. The molecule has 0 unspecified atom stereocenters. The van der Waals surface area contributed by atoms with Crippen LogP contribution < -0.4 is 4.72 Å². The molecule has 236 valence electrons. The quantitative estimate of drug-likeness (QED) is 0.459. The average molecular weight is 620 g/mol.